The lowest BCUT2D eigenvalue weighted by atomic mass is 9.90. The Morgan fingerprint density at radius 3 is 2.32 bits per heavy atom. The van der Waals surface area contributed by atoms with Gasteiger partial charge in [-0.05, 0) is 59.2 Å². The zero-order valence-corrected chi connectivity index (χ0v) is 21.0. The Labute approximate surface area is 190 Å². The van der Waals surface area contributed by atoms with Crippen LogP contribution in [0.2, 0.25) is 18.1 Å². The second-order valence-electron chi connectivity index (χ2n) is 11.0. The molecule has 0 amide bonds. The first kappa shape index (κ1) is 22.5. The molecule has 0 radical (unpaired) electrons. The molecule has 2 atom stereocenters. The second-order valence-corrected chi connectivity index (χ2v) is 15.8. The Morgan fingerprint density at radius 1 is 0.935 bits per heavy atom. The number of allylic oxidation sites excluding steroid dienone is 1. The number of rotatable bonds is 7. The van der Waals surface area contributed by atoms with E-state index in [0.717, 1.165) is 25.5 Å². The van der Waals surface area contributed by atoms with Gasteiger partial charge in [-0.3, -0.25) is 4.90 Å². The molecule has 3 heteroatoms. The van der Waals surface area contributed by atoms with Gasteiger partial charge in [0.15, 0.2) is 8.32 Å². The summed E-state index contributed by atoms with van der Waals surface area (Å²) in [6, 6.07) is 20.2. The molecule has 4 rings (SSSR count). The number of benzene rings is 2. The molecule has 2 nitrogen and oxygen atoms in total. The van der Waals surface area contributed by atoms with E-state index in [9.17, 15) is 0 Å². The Bertz CT molecular complexity index is 895. The lowest BCUT2D eigenvalue weighted by Crippen LogP contribution is -2.41. The molecule has 2 aromatic carbocycles. The minimum absolute atomic E-state index is 0.276. The first-order valence-electron chi connectivity index (χ1n) is 11.9. The van der Waals surface area contributed by atoms with Crippen molar-refractivity contribution in [2.45, 2.75) is 58.3 Å². The van der Waals surface area contributed by atoms with Crippen LogP contribution in [-0.4, -0.2) is 32.9 Å². The summed E-state index contributed by atoms with van der Waals surface area (Å²) in [5.41, 5.74) is 5.81. The molecule has 1 saturated heterocycles. The Kier molecular flexibility index (Phi) is 6.57. The highest BCUT2D eigenvalue weighted by Crippen LogP contribution is 2.43. The molecule has 1 aliphatic carbocycles. The topological polar surface area (TPSA) is 12.5 Å². The highest BCUT2D eigenvalue weighted by atomic mass is 28.4. The standard InChI is InChI=1S/C28H39NOSi/c1-28(2,3)31(4,5)30-18-17-22-11-13-24(14-12-22)26-16-15-25-20-29(21-27(25)26)19-23-9-7-6-8-10-23/h6-14,16,25,27H,15,17-21H2,1-5H3. The molecule has 2 unspecified atom stereocenters. The molecule has 166 valence electrons. The fraction of sp³-hybridized carbons (Fsp3) is 0.500. The summed E-state index contributed by atoms with van der Waals surface area (Å²) in [4.78, 5) is 2.64. The van der Waals surface area contributed by atoms with Gasteiger partial charge in [-0.25, -0.2) is 0 Å². The summed E-state index contributed by atoms with van der Waals surface area (Å²) in [7, 11) is -1.65. The average molecular weight is 434 g/mol. The molecule has 2 aliphatic rings. The van der Waals surface area contributed by atoms with Crippen molar-refractivity contribution in [1.29, 1.82) is 0 Å². The highest BCUT2D eigenvalue weighted by molar-refractivity contribution is 6.74. The van der Waals surface area contributed by atoms with E-state index in [0.29, 0.717) is 5.92 Å². The van der Waals surface area contributed by atoms with E-state index in [-0.39, 0.29) is 5.04 Å². The van der Waals surface area contributed by atoms with E-state index in [1.54, 1.807) is 5.57 Å². The van der Waals surface area contributed by atoms with Crippen LogP contribution in [0, 0.1) is 11.8 Å². The van der Waals surface area contributed by atoms with Crippen molar-refractivity contribution < 1.29 is 4.43 Å². The van der Waals surface area contributed by atoms with Gasteiger partial charge in [0.2, 0.25) is 0 Å². The van der Waals surface area contributed by atoms with E-state index < -0.39 is 8.32 Å². The fourth-order valence-electron chi connectivity index (χ4n) is 4.79. The molecule has 2 aromatic rings. The van der Waals surface area contributed by atoms with E-state index in [2.05, 4.69) is 99.4 Å². The Hall–Kier alpha value is -1.68. The van der Waals surface area contributed by atoms with Crippen LogP contribution in [0.5, 0.6) is 0 Å². The van der Waals surface area contributed by atoms with Crippen LogP contribution in [0.4, 0.5) is 0 Å². The highest BCUT2D eigenvalue weighted by Gasteiger charge is 2.38. The molecule has 1 aliphatic heterocycles. The van der Waals surface area contributed by atoms with E-state index in [1.165, 1.54) is 36.2 Å². The third-order valence-electron chi connectivity index (χ3n) is 7.75. The van der Waals surface area contributed by atoms with Gasteiger partial charge >= 0.3 is 0 Å². The maximum atomic E-state index is 6.37. The molecular formula is C28H39NOSi. The first-order valence-corrected chi connectivity index (χ1v) is 14.8. The fourth-order valence-corrected chi connectivity index (χ4v) is 5.83. The van der Waals surface area contributed by atoms with Gasteiger partial charge in [-0.15, -0.1) is 0 Å². The second kappa shape index (κ2) is 9.05. The molecular weight excluding hydrogens is 394 g/mol. The maximum absolute atomic E-state index is 6.37. The van der Waals surface area contributed by atoms with E-state index >= 15 is 0 Å². The molecule has 0 saturated carbocycles. The molecule has 0 N–H and O–H groups in total. The van der Waals surface area contributed by atoms with Crippen molar-refractivity contribution in [3.8, 4) is 0 Å². The van der Waals surface area contributed by atoms with Gasteiger partial charge in [0.1, 0.15) is 0 Å². The third-order valence-corrected chi connectivity index (χ3v) is 12.3. The van der Waals surface area contributed by atoms with Crippen LogP contribution in [0.25, 0.3) is 5.57 Å². The van der Waals surface area contributed by atoms with Crippen molar-refractivity contribution in [1.82, 2.24) is 4.90 Å². The molecule has 31 heavy (non-hydrogen) atoms. The van der Waals surface area contributed by atoms with Gasteiger partial charge in [0.25, 0.3) is 0 Å². The zero-order chi connectivity index (χ0) is 22.1. The number of hydrogen-bond donors (Lipinski definition) is 0. The van der Waals surface area contributed by atoms with Crippen molar-refractivity contribution in [3.05, 3.63) is 77.4 Å². The number of nitrogens with zero attached hydrogens (tertiary/aromatic N) is 1. The van der Waals surface area contributed by atoms with Gasteiger partial charge in [-0.1, -0.05) is 81.4 Å². The quantitative estimate of drug-likeness (QED) is 0.446. The van der Waals surface area contributed by atoms with Crippen LogP contribution >= 0.6 is 0 Å². The van der Waals surface area contributed by atoms with Gasteiger partial charge < -0.3 is 4.43 Å². The van der Waals surface area contributed by atoms with Crippen LogP contribution in [0.15, 0.2) is 60.7 Å². The SMILES string of the molecule is CC(C)(C)[Si](C)(C)OCCc1ccc(C2=CCC3CN(Cc4ccccc4)CC23)cc1. The predicted octanol–water partition coefficient (Wildman–Crippen LogP) is 6.79. The predicted molar refractivity (Wildman–Crippen MR) is 135 cm³/mol. The average Bonchev–Trinajstić information content (AvgIpc) is 3.28. The van der Waals surface area contributed by atoms with Gasteiger partial charge in [0, 0.05) is 32.2 Å². The van der Waals surface area contributed by atoms with Crippen molar-refractivity contribution in [2.24, 2.45) is 11.8 Å². The Balaban J connectivity index is 1.32. The lowest BCUT2D eigenvalue weighted by Gasteiger charge is -2.36. The minimum Gasteiger partial charge on any atom is -0.416 e. The minimum atomic E-state index is -1.65. The monoisotopic (exact) mass is 433 g/mol. The first-order chi connectivity index (χ1) is 14.7. The summed E-state index contributed by atoms with van der Waals surface area (Å²) in [5.74, 6) is 1.48. The van der Waals surface area contributed by atoms with E-state index in [1.807, 2.05) is 0 Å². The smallest absolute Gasteiger partial charge is 0.191 e. The largest absolute Gasteiger partial charge is 0.416 e. The lowest BCUT2D eigenvalue weighted by molar-refractivity contribution is 0.292. The Morgan fingerprint density at radius 2 is 1.65 bits per heavy atom. The van der Waals surface area contributed by atoms with E-state index in [4.69, 9.17) is 4.43 Å². The van der Waals surface area contributed by atoms with Crippen LogP contribution in [-0.2, 0) is 17.4 Å². The summed E-state index contributed by atoms with van der Waals surface area (Å²) >= 11 is 0. The molecule has 0 bridgehead atoms. The number of likely N-dealkylation sites (tertiary alicyclic amines) is 1. The summed E-state index contributed by atoms with van der Waals surface area (Å²) < 4.78 is 6.37. The molecule has 1 heterocycles. The van der Waals surface area contributed by atoms with Crippen molar-refractivity contribution in [2.75, 3.05) is 19.7 Å². The number of hydrogen-bond acceptors (Lipinski definition) is 2. The van der Waals surface area contributed by atoms with Crippen molar-refractivity contribution in [3.63, 3.8) is 0 Å². The summed E-state index contributed by atoms with van der Waals surface area (Å²) in [5, 5.41) is 0.276. The third kappa shape index (κ3) is 5.22. The van der Waals surface area contributed by atoms with Crippen molar-refractivity contribution >= 4 is 13.9 Å². The molecule has 0 aromatic heterocycles. The summed E-state index contributed by atoms with van der Waals surface area (Å²) in [6.07, 6.45) is 4.74. The zero-order valence-electron chi connectivity index (χ0n) is 20.0. The van der Waals surface area contributed by atoms with Crippen LogP contribution < -0.4 is 0 Å². The van der Waals surface area contributed by atoms with Crippen LogP contribution in [0.3, 0.4) is 0 Å². The number of fused-ring (bicyclic) bond motifs is 1. The van der Waals surface area contributed by atoms with Crippen LogP contribution in [0.1, 0.15) is 43.9 Å². The normalized spacial score (nSPS) is 21.9. The summed E-state index contributed by atoms with van der Waals surface area (Å²) in [6.45, 7) is 15.9. The van der Waals surface area contributed by atoms with Gasteiger partial charge in [-0.2, -0.15) is 0 Å². The molecule has 0 spiro atoms. The molecule has 1 fully saturated rings. The van der Waals surface area contributed by atoms with Gasteiger partial charge in [0.05, 0.1) is 0 Å². The maximum Gasteiger partial charge on any atom is 0.191 e.